The first kappa shape index (κ1) is 13.7. The number of hydrogen-bond acceptors (Lipinski definition) is 4. The van der Waals surface area contributed by atoms with E-state index in [1.54, 1.807) is 12.1 Å². The van der Waals surface area contributed by atoms with Gasteiger partial charge in [0.1, 0.15) is 5.75 Å². The number of ether oxygens (including phenoxy) is 1. The van der Waals surface area contributed by atoms with Crippen LogP contribution in [-0.2, 0) is 0 Å². The van der Waals surface area contributed by atoms with Crippen molar-refractivity contribution in [2.45, 2.75) is 13.8 Å². The van der Waals surface area contributed by atoms with Crippen molar-refractivity contribution in [1.82, 2.24) is 0 Å². The van der Waals surface area contributed by atoms with Gasteiger partial charge in [-0.2, -0.15) is 0 Å². The van der Waals surface area contributed by atoms with Gasteiger partial charge in [-0.1, -0.05) is 23.3 Å². The van der Waals surface area contributed by atoms with Crippen molar-refractivity contribution in [3.8, 4) is 5.75 Å². The summed E-state index contributed by atoms with van der Waals surface area (Å²) in [6.45, 7) is 3.77. The Morgan fingerprint density at radius 1 is 1.10 bits per heavy atom. The molecule has 0 fully saturated rings. The average Bonchev–Trinajstić information content (AvgIpc) is 2.37. The molecule has 0 atom stereocenters. The zero-order valence-corrected chi connectivity index (χ0v) is 11.1. The Bertz CT molecular complexity index is 659. The molecule has 2 aromatic carbocycles. The van der Waals surface area contributed by atoms with E-state index in [4.69, 9.17) is 4.74 Å². The highest BCUT2D eigenvalue weighted by Crippen LogP contribution is 2.20. The van der Waals surface area contributed by atoms with E-state index in [-0.39, 0.29) is 11.4 Å². The lowest BCUT2D eigenvalue weighted by Gasteiger charge is -2.06. The van der Waals surface area contributed by atoms with Gasteiger partial charge in [0.15, 0.2) is 0 Å². The van der Waals surface area contributed by atoms with Crippen molar-refractivity contribution < 1.29 is 14.5 Å². The topological polar surface area (TPSA) is 69.4 Å². The Labute approximate surface area is 116 Å². The number of carbonyl (C=O) groups excluding carboxylic acids is 1. The summed E-state index contributed by atoms with van der Waals surface area (Å²) < 4.78 is 5.16. The van der Waals surface area contributed by atoms with Gasteiger partial charge < -0.3 is 4.74 Å². The summed E-state index contributed by atoms with van der Waals surface area (Å²) in [5.74, 6) is -0.374. The zero-order valence-electron chi connectivity index (χ0n) is 11.1. The minimum absolute atomic E-state index is 0.115. The second-order valence-corrected chi connectivity index (χ2v) is 4.52. The van der Waals surface area contributed by atoms with Crippen LogP contribution in [0.15, 0.2) is 42.5 Å². The largest absolute Gasteiger partial charge is 0.423 e. The van der Waals surface area contributed by atoms with Crippen molar-refractivity contribution in [2.75, 3.05) is 0 Å². The maximum absolute atomic E-state index is 12.0. The molecule has 0 aromatic heterocycles. The molecule has 0 saturated heterocycles. The molecule has 20 heavy (non-hydrogen) atoms. The Kier molecular flexibility index (Phi) is 3.79. The molecule has 102 valence electrons. The minimum atomic E-state index is -0.534. The van der Waals surface area contributed by atoms with Crippen molar-refractivity contribution in [3.05, 3.63) is 69.3 Å². The lowest BCUT2D eigenvalue weighted by atomic mass is 10.1. The van der Waals surface area contributed by atoms with E-state index in [1.807, 2.05) is 19.9 Å². The summed E-state index contributed by atoms with van der Waals surface area (Å²) in [4.78, 5) is 22.1. The molecule has 0 spiro atoms. The Morgan fingerprint density at radius 2 is 1.75 bits per heavy atom. The van der Waals surface area contributed by atoms with Gasteiger partial charge in [0, 0.05) is 6.07 Å². The summed E-state index contributed by atoms with van der Waals surface area (Å²) in [5, 5.41) is 10.7. The van der Waals surface area contributed by atoms with Crippen LogP contribution in [-0.4, -0.2) is 10.9 Å². The third kappa shape index (κ3) is 3.20. The fourth-order valence-corrected chi connectivity index (χ4v) is 1.92. The summed E-state index contributed by atoms with van der Waals surface area (Å²) in [6, 6.07) is 10.9. The molecule has 0 aliphatic carbocycles. The standard InChI is InChI=1S/C15H13NO4/c1-10-6-11(2)8-12(7-10)15(17)20-14-5-3-4-13(9-14)16(18)19/h3-9H,1-2H3. The van der Waals surface area contributed by atoms with Crippen LogP contribution in [0, 0.1) is 24.0 Å². The van der Waals surface area contributed by atoms with E-state index in [0.717, 1.165) is 11.1 Å². The van der Waals surface area contributed by atoms with Crippen molar-refractivity contribution in [2.24, 2.45) is 0 Å². The highest BCUT2D eigenvalue weighted by Gasteiger charge is 2.12. The Balaban J connectivity index is 2.23. The van der Waals surface area contributed by atoms with E-state index in [9.17, 15) is 14.9 Å². The Hall–Kier alpha value is -2.69. The number of benzene rings is 2. The number of carbonyl (C=O) groups is 1. The molecule has 0 radical (unpaired) electrons. The molecular weight excluding hydrogens is 258 g/mol. The number of non-ortho nitro benzene ring substituents is 1. The summed E-state index contributed by atoms with van der Waals surface area (Å²) in [6.07, 6.45) is 0. The number of nitro benzene ring substituents is 1. The molecule has 0 heterocycles. The van der Waals surface area contributed by atoms with Crippen LogP contribution >= 0.6 is 0 Å². The smallest absolute Gasteiger partial charge is 0.343 e. The predicted molar refractivity (Wildman–Crippen MR) is 74.0 cm³/mol. The van der Waals surface area contributed by atoms with Gasteiger partial charge in [0.2, 0.25) is 0 Å². The SMILES string of the molecule is Cc1cc(C)cc(C(=O)Oc2cccc([N+](=O)[O-])c2)c1. The van der Waals surface area contributed by atoms with Gasteiger partial charge in [0.05, 0.1) is 16.6 Å². The van der Waals surface area contributed by atoms with Crippen LogP contribution in [0.4, 0.5) is 5.69 Å². The third-order valence-corrected chi connectivity index (χ3v) is 2.70. The number of esters is 1. The molecule has 0 amide bonds. The first-order valence-corrected chi connectivity index (χ1v) is 6.00. The van der Waals surface area contributed by atoms with Crippen LogP contribution in [0.1, 0.15) is 21.5 Å². The lowest BCUT2D eigenvalue weighted by molar-refractivity contribution is -0.384. The number of rotatable bonds is 3. The fourth-order valence-electron chi connectivity index (χ4n) is 1.92. The molecule has 0 unspecified atom stereocenters. The number of hydrogen-bond donors (Lipinski definition) is 0. The van der Waals surface area contributed by atoms with Crippen molar-refractivity contribution >= 4 is 11.7 Å². The van der Waals surface area contributed by atoms with Crippen LogP contribution in [0.3, 0.4) is 0 Å². The summed E-state index contributed by atoms with van der Waals surface area (Å²) >= 11 is 0. The highest BCUT2D eigenvalue weighted by atomic mass is 16.6. The van der Waals surface area contributed by atoms with E-state index >= 15 is 0 Å². The van der Waals surface area contributed by atoms with Crippen molar-refractivity contribution in [3.63, 3.8) is 0 Å². The monoisotopic (exact) mass is 271 g/mol. The zero-order chi connectivity index (χ0) is 14.7. The van der Waals surface area contributed by atoms with E-state index in [2.05, 4.69) is 0 Å². The number of aryl methyl sites for hydroxylation is 2. The molecule has 0 N–H and O–H groups in total. The van der Waals surface area contributed by atoms with Crippen LogP contribution < -0.4 is 4.74 Å². The number of nitro groups is 1. The quantitative estimate of drug-likeness (QED) is 0.371. The van der Waals surface area contributed by atoms with Crippen molar-refractivity contribution in [1.29, 1.82) is 0 Å². The van der Waals surface area contributed by atoms with Gasteiger partial charge in [0.25, 0.3) is 5.69 Å². The normalized spacial score (nSPS) is 10.1. The van der Waals surface area contributed by atoms with Gasteiger partial charge in [-0.15, -0.1) is 0 Å². The van der Waals surface area contributed by atoms with Gasteiger partial charge >= 0.3 is 5.97 Å². The van der Waals surface area contributed by atoms with E-state index < -0.39 is 10.9 Å². The van der Waals surface area contributed by atoms with Gasteiger partial charge in [-0.3, -0.25) is 10.1 Å². The average molecular weight is 271 g/mol. The van der Waals surface area contributed by atoms with Gasteiger partial charge in [-0.05, 0) is 32.0 Å². The Morgan fingerprint density at radius 3 is 2.35 bits per heavy atom. The molecular formula is C15H13NO4. The molecule has 2 rings (SSSR count). The van der Waals surface area contributed by atoms with Gasteiger partial charge in [-0.25, -0.2) is 4.79 Å². The summed E-state index contributed by atoms with van der Waals surface area (Å²) in [5.41, 5.74) is 2.22. The predicted octanol–water partition coefficient (Wildman–Crippen LogP) is 3.43. The van der Waals surface area contributed by atoms with Crippen LogP contribution in [0.2, 0.25) is 0 Å². The van der Waals surface area contributed by atoms with E-state index in [1.165, 1.54) is 24.3 Å². The lowest BCUT2D eigenvalue weighted by Crippen LogP contribution is -2.09. The minimum Gasteiger partial charge on any atom is -0.423 e. The first-order valence-electron chi connectivity index (χ1n) is 6.00. The number of nitrogens with zero attached hydrogens (tertiary/aromatic N) is 1. The first-order chi connectivity index (χ1) is 9.45. The van der Waals surface area contributed by atoms with Crippen LogP contribution in [0.25, 0.3) is 0 Å². The molecule has 0 aliphatic rings. The maximum atomic E-state index is 12.0. The molecule has 0 saturated carbocycles. The summed E-state index contributed by atoms with van der Waals surface area (Å²) in [7, 11) is 0. The molecule has 2 aromatic rings. The molecule has 5 heteroatoms. The van der Waals surface area contributed by atoms with Crippen LogP contribution in [0.5, 0.6) is 5.75 Å². The molecule has 0 bridgehead atoms. The van der Waals surface area contributed by atoms with E-state index in [0.29, 0.717) is 5.56 Å². The fraction of sp³-hybridized carbons (Fsp3) is 0.133. The second-order valence-electron chi connectivity index (χ2n) is 4.52. The highest BCUT2D eigenvalue weighted by molar-refractivity contribution is 5.91. The molecule has 0 aliphatic heterocycles. The second kappa shape index (κ2) is 5.52. The maximum Gasteiger partial charge on any atom is 0.343 e. The third-order valence-electron chi connectivity index (χ3n) is 2.70. The molecule has 5 nitrogen and oxygen atoms in total.